The topological polar surface area (TPSA) is 44.6 Å². The summed E-state index contributed by atoms with van der Waals surface area (Å²) >= 11 is 1.69. The van der Waals surface area contributed by atoms with E-state index in [0.29, 0.717) is 6.54 Å². The van der Waals surface area contributed by atoms with Crippen molar-refractivity contribution in [2.45, 2.75) is 26.4 Å². The fraction of sp³-hybridized carbons (Fsp3) is 0.478. The molecule has 6 nitrogen and oxygen atoms in total. The Morgan fingerprint density at radius 1 is 1.10 bits per heavy atom. The fourth-order valence-electron chi connectivity index (χ4n) is 4.61. The van der Waals surface area contributed by atoms with Crippen LogP contribution < -0.4 is 10.5 Å². The second-order valence-corrected chi connectivity index (χ2v) is 9.67. The summed E-state index contributed by atoms with van der Waals surface area (Å²) in [5.41, 5.74) is 4.00. The number of hydrogen-bond acceptors (Lipinski definition) is 6. The van der Waals surface area contributed by atoms with Gasteiger partial charge in [0.25, 0.3) is 5.56 Å². The molecule has 0 saturated carbocycles. The van der Waals surface area contributed by atoms with Crippen LogP contribution in [0.4, 0.5) is 5.69 Å². The SMILES string of the molecule is Cc1cccc(N2CCN(CCn3cnc4sc5c(c4c3=O)CCN(C)C5)CC2)c1. The van der Waals surface area contributed by atoms with Crippen LogP contribution in [0.2, 0.25) is 0 Å². The third-order valence-electron chi connectivity index (χ3n) is 6.41. The van der Waals surface area contributed by atoms with Crippen LogP contribution in [0.3, 0.4) is 0 Å². The number of likely N-dealkylation sites (N-methyl/N-ethyl adjacent to an activating group) is 1. The second-order valence-electron chi connectivity index (χ2n) is 8.58. The van der Waals surface area contributed by atoms with Gasteiger partial charge in [-0.05, 0) is 43.7 Å². The lowest BCUT2D eigenvalue weighted by molar-refractivity contribution is 0.247. The number of hydrogen-bond donors (Lipinski definition) is 0. The van der Waals surface area contributed by atoms with Crippen molar-refractivity contribution in [1.82, 2.24) is 19.4 Å². The Balaban J connectivity index is 1.25. The number of anilines is 1. The molecule has 7 heteroatoms. The van der Waals surface area contributed by atoms with E-state index in [2.05, 4.69) is 57.9 Å². The number of rotatable bonds is 4. The molecule has 0 bridgehead atoms. The van der Waals surface area contributed by atoms with Gasteiger partial charge >= 0.3 is 0 Å². The molecular formula is C23H29N5OS. The summed E-state index contributed by atoms with van der Waals surface area (Å²) in [6.07, 6.45) is 2.70. The highest BCUT2D eigenvalue weighted by Crippen LogP contribution is 2.31. The Hall–Kier alpha value is -2.22. The second kappa shape index (κ2) is 8.13. The summed E-state index contributed by atoms with van der Waals surface area (Å²) in [5, 5.41) is 0.870. The van der Waals surface area contributed by atoms with Gasteiger partial charge in [0.05, 0.1) is 11.7 Å². The van der Waals surface area contributed by atoms with E-state index in [0.717, 1.165) is 62.5 Å². The van der Waals surface area contributed by atoms with Crippen molar-refractivity contribution in [3.05, 3.63) is 57.0 Å². The van der Waals surface area contributed by atoms with Gasteiger partial charge in [-0.25, -0.2) is 4.98 Å². The molecular weight excluding hydrogens is 394 g/mol. The van der Waals surface area contributed by atoms with Gasteiger partial charge < -0.3 is 9.80 Å². The Morgan fingerprint density at radius 3 is 2.73 bits per heavy atom. The average molecular weight is 424 g/mol. The van der Waals surface area contributed by atoms with Gasteiger partial charge in [-0.2, -0.15) is 0 Å². The number of piperazine rings is 1. The zero-order valence-corrected chi connectivity index (χ0v) is 18.6. The summed E-state index contributed by atoms with van der Waals surface area (Å²) in [5.74, 6) is 0. The summed E-state index contributed by atoms with van der Waals surface area (Å²) in [4.78, 5) is 27.3. The van der Waals surface area contributed by atoms with Crippen molar-refractivity contribution < 1.29 is 0 Å². The van der Waals surface area contributed by atoms with E-state index in [-0.39, 0.29) is 5.56 Å². The minimum absolute atomic E-state index is 0.139. The highest BCUT2D eigenvalue weighted by molar-refractivity contribution is 7.18. The van der Waals surface area contributed by atoms with Crippen LogP contribution in [-0.2, 0) is 19.5 Å². The van der Waals surface area contributed by atoms with Crippen LogP contribution in [0.5, 0.6) is 0 Å². The number of aryl methyl sites for hydroxylation is 1. The first-order chi connectivity index (χ1) is 14.6. The van der Waals surface area contributed by atoms with Crippen molar-refractivity contribution >= 4 is 27.2 Å². The number of aromatic nitrogens is 2. The molecule has 3 aromatic rings. The molecule has 0 spiro atoms. The van der Waals surface area contributed by atoms with Crippen LogP contribution in [0.25, 0.3) is 10.2 Å². The molecule has 30 heavy (non-hydrogen) atoms. The summed E-state index contributed by atoms with van der Waals surface area (Å²) in [6, 6.07) is 8.73. The highest BCUT2D eigenvalue weighted by Gasteiger charge is 2.22. The Morgan fingerprint density at radius 2 is 1.93 bits per heavy atom. The number of thiophene rings is 1. The fourth-order valence-corrected chi connectivity index (χ4v) is 5.87. The molecule has 0 radical (unpaired) electrons. The normalized spacial score (nSPS) is 18.1. The van der Waals surface area contributed by atoms with Gasteiger partial charge in [-0.15, -0.1) is 11.3 Å². The lowest BCUT2D eigenvalue weighted by Gasteiger charge is -2.36. The molecule has 0 atom stereocenters. The standard InChI is InChI=1S/C23H29N5OS/c1-17-4-3-5-18(14-17)27-11-8-26(9-12-27)10-13-28-16-24-22-21(23(28)29)19-6-7-25(2)15-20(19)30-22/h3-5,14,16H,6-13,15H2,1-2H3. The molecule has 5 rings (SSSR count). The Bertz CT molecular complexity index is 1110. The van der Waals surface area contributed by atoms with Crippen molar-refractivity contribution in [2.75, 3.05) is 51.2 Å². The van der Waals surface area contributed by atoms with Crippen molar-refractivity contribution in [1.29, 1.82) is 0 Å². The largest absolute Gasteiger partial charge is 0.369 e. The van der Waals surface area contributed by atoms with Crippen molar-refractivity contribution in [3.63, 3.8) is 0 Å². The van der Waals surface area contributed by atoms with E-state index in [1.807, 2.05) is 4.57 Å². The zero-order valence-electron chi connectivity index (χ0n) is 17.8. The molecule has 2 aromatic heterocycles. The van der Waals surface area contributed by atoms with Gasteiger partial charge in [0.2, 0.25) is 0 Å². The molecule has 0 unspecified atom stereocenters. The summed E-state index contributed by atoms with van der Waals surface area (Å²) < 4.78 is 1.82. The number of nitrogens with zero attached hydrogens (tertiary/aromatic N) is 5. The highest BCUT2D eigenvalue weighted by atomic mass is 32.1. The molecule has 0 N–H and O–H groups in total. The predicted molar refractivity (Wildman–Crippen MR) is 124 cm³/mol. The van der Waals surface area contributed by atoms with Gasteiger partial charge in [-0.1, -0.05) is 12.1 Å². The molecule has 158 valence electrons. The maximum absolute atomic E-state index is 13.2. The molecule has 2 aliphatic heterocycles. The van der Waals surface area contributed by atoms with Crippen molar-refractivity contribution in [3.8, 4) is 0 Å². The van der Waals surface area contributed by atoms with Gasteiger partial charge in [-0.3, -0.25) is 14.3 Å². The molecule has 1 fully saturated rings. The number of fused-ring (bicyclic) bond motifs is 3. The smallest absolute Gasteiger partial charge is 0.262 e. The Kier molecular flexibility index (Phi) is 5.35. The van der Waals surface area contributed by atoms with Crippen LogP contribution >= 0.6 is 11.3 Å². The molecule has 0 aliphatic carbocycles. The monoisotopic (exact) mass is 423 g/mol. The molecule has 2 aliphatic rings. The molecule has 1 saturated heterocycles. The summed E-state index contributed by atoms with van der Waals surface area (Å²) in [6.45, 7) is 9.80. The van der Waals surface area contributed by atoms with E-state index < -0.39 is 0 Å². The lowest BCUT2D eigenvalue weighted by atomic mass is 10.1. The third kappa shape index (κ3) is 3.77. The van der Waals surface area contributed by atoms with E-state index >= 15 is 0 Å². The van der Waals surface area contributed by atoms with Crippen LogP contribution in [-0.4, -0.2) is 65.7 Å². The first-order valence-electron chi connectivity index (χ1n) is 10.8. The van der Waals surface area contributed by atoms with Gasteiger partial charge in [0, 0.05) is 62.9 Å². The van der Waals surface area contributed by atoms with Crippen molar-refractivity contribution in [2.24, 2.45) is 0 Å². The van der Waals surface area contributed by atoms with Crippen LogP contribution in [0, 0.1) is 6.92 Å². The van der Waals surface area contributed by atoms with Crippen LogP contribution in [0.1, 0.15) is 16.0 Å². The predicted octanol–water partition coefficient (Wildman–Crippen LogP) is 2.58. The van der Waals surface area contributed by atoms with E-state index in [4.69, 9.17) is 0 Å². The molecule has 4 heterocycles. The first-order valence-corrected chi connectivity index (χ1v) is 11.6. The minimum Gasteiger partial charge on any atom is -0.369 e. The molecule has 1 aromatic carbocycles. The van der Waals surface area contributed by atoms with E-state index in [1.54, 1.807) is 17.7 Å². The zero-order chi connectivity index (χ0) is 20.7. The minimum atomic E-state index is 0.139. The molecule has 0 amide bonds. The maximum Gasteiger partial charge on any atom is 0.262 e. The van der Waals surface area contributed by atoms with E-state index in [1.165, 1.54) is 21.7 Å². The average Bonchev–Trinajstić information content (AvgIpc) is 3.12. The van der Waals surface area contributed by atoms with Gasteiger partial charge in [0.15, 0.2) is 0 Å². The van der Waals surface area contributed by atoms with Crippen LogP contribution in [0.15, 0.2) is 35.4 Å². The van der Waals surface area contributed by atoms with Gasteiger partial charge in [0.1, 0.15) is 4.83 Å². The number of benzene rings is 1. The maximum atomic E-state index is 13.2. The Labute approximate surface area is 181 Å². The summed E-state index contributed by atoms with van der Waals surface area (Å²) in [7, 11) is 2.14. The lowest BCUT2D eigenvalue weighted by Crippen LogP contribution is -2.47. The third-order valence-corrected chi connectivity index (χ3v) is 7.54. The van der Waals surface area contributed by atoms with E-state index in [9.17, 15) is 4.79 Å². The quantitative estimate of drug-likeness (QED) is 0.645. The first kappa shape index (κ1) is 19.7.